The number of aromatic nitrogens is 6. The van der Waals surface area contributed by atoms with Gasteiger partial charge in [-0.3, -0.25) is 14.6 Å². The minimum absolute atomic E-state index is 0.238. The van der Waals surface area contributed by atoms with E-state index in [2.05, 4.69) is 37.4 Å². The molecule has 8 nitrogen and oxygen atoms in total. The number of anilines is 2. The number of benzene rings is 1. The summed E-state index contributed by atoms with van der Waals surface area (Å²) in [6.07, 6.45) is 7.80. The van der Waals surface area contributed by atoms with Crippen molar-refractivity contribution in [2.24, 2.45) is 7.05 Å². The molecule has 0 fully saturated rings. The minimum atomic E-state index is -0.479. The summed E-state index contributed by atoms with van der Waals surface area (Å²) in [5, 5.41) is 15.9. The van der Waals surface area contributed by atoms with Gasteiger partial charge in [-0.15, -0.1) is 0 Å². The van der Waals surface area contributed by atoms with E-state index in [1.54, 1.807) is 34.0 Å². The first-order valence-electron chi connectivity index (χ1n) is 11.6. The van der Waals surface area contributed by atoms with E-state index < -0.39 is 11.6 Å². The van der Waals surface area contributed by atoms with Gasteiger partial charge in [-0.25, -0.2) is 13.5 Å². The maximum absolute atomic E-state index is 15.1. The Kier molecular flexibility index (Phi) is 5.94. The van der Waals surface area contributed by atoms with Crippen LogP contribution in [-0.4, -0.2) is 29.5 Å². The summed E-state index contributed by atoms with van der Waals surface area (Å²) in [6.45, 7) is 10.1. The monoisotopic (exact) mass is 500 g/mol. The summed E-state index contributed by atoms with van der Waals surface area (Å²) in [5.41, 5.74) is 3.53. The zero-order valence-corrected chi connectivity index (χ0v) is 20.9. The largest absolute Gasteiger partial charge is 0.340 e. The molecule has 1 aromatic carbocycles. The normalized spacial score (nSPS) is 11.6. The molecule has 188 valence electrons. The predicted molar refractivity (Wildman–Crippen MR) is 140 cm³/mol. The zero-order chi connectivity index (χ0) is 26.3. The lowest BCUT2D eigenvalue weighted by molar-refractivity contribution is 0.559. The van der Waals surface area contributed by atoms with Gasteiger partial charge >= 0.3 is 0 Å². The van der Waals surface area contributed by atoms with E-state index in [0.29, 0.717) is 22.9 Å². The number of aryl methyl sites for hydroxylation is 1. The van der Waals surface area contributed by atoms with Crippen LogP contribution in [0.5, 0.6) is 0 Å². The molecule has 5 rings (SSSR count). The lowest BCUT2D eigenvalue weighted by atomic mass is 9.92. The van der Waals surface area contributed by atoms with Gasteiger partial charge in [0.2, 0.25) is 0 Å². The van der Waals surface area contributed by atoms with Gasteiger partial charge in [-0.05, 0) is 17.7 Å². The van der Waals surface area contributed by atoms with Crippen LogP contribution in [0.3, 0.4) is 0 Å². The maximum atomic E-state index is 15.1. The van der Waals surface area contributed by atoms with Crippen molar-refractivity contribution in [3.63, 3.8) is 0 Å². The van der Waals surface area contributed by atoms with E-state index in [1.807, 2.05) is 40.0 Å². The van der Waals surface area contributed by atoms with Gasteiger partial charge in [-0.2, -0.15) is 10.2 Å². The van der Waals surface area contributed by atoms with Gasteiger partial charge in [0.25, 0.3) is 0 Å². The summed E-state index contributed by atoms with van der Waals surface area (Å²) in [5.74, 6) is -0.0954. The van der Waals surface area contributed by atoms with Crippen molar-refractivity contribution in [2.45, 2.75) is 26.2 Å². The molecule has 37 heavy (non-hydrogen) atoms. The summed E-state index contributed by atoms with van der Waals surface area (Å²) >= 11 is 0. The van der Waals surface area contributed by atoms with Gasteiger partial charge in [-0.1, -0.05) is 33.4 Å². The quantitative estimate of drug-likeness (QED) is 0.307. The Morgan fingerprint density at radius 1 is 0.946 bits per heavy atom. The lowest BCUT2D eigenvalue weighted by Gasteiger charge is -2.15. The average molecular weight is 501 g/mol. The highest BCUT2D eigenvalue weighted by molar-refractivity contribution is 5.93. The van der Waals surface area contributed by atoms with Crippen LogP contribution in [0.2, 0.25) is 0 Å². The second-order valence-corrected chi connectivity index (χ2v) is 9.75. The molecule has 0 radical (unpaired) electrons. The molecule has 5 aromatic rings. The minimum Gasteiger partial charge on any atom is -0.340 e. The smallest absolute Gasteiger partial charge is 0.147 e. The van der Waals surface area contributed by atoms with Gasteiger partial charge in [0.05, 0.1) is 47.4 Å². The SMILES string of the molecule is C=C(Nc1ccc(-c2cncc3c2cnn3C)cc1F)Nc1cc(C(C)(C)C)nn1-c1cncc(F)c1. The fraction of sp³-hybridized carbons (Fsp3) is 0.185. The molecule has 0 aliphatic heterocycles. The summed E-state index contributed by atoms with van der Waals surface area (Å²) < 4.78 is 32.3. The first-order chi connectivity index (χ1) is 17.6. The molecule has 0 aliphatic rings. The second-order valence-electron chi connectivity index (χ2n) is 9.75. The van der Waals surface area contributed by atoms with Crippen molar-refractivity contribution < 1.29 is 8.78 Å². The molecule has 0 unspecified atom stereocenters. The fourth-order valence-electron chi connectivity index (χ4n) is 3.97. The van der Waals surface area contributed by atoms with Crippen molar-refractivity contribution in [3.05, 3.63) is 91.0 Å². The molecule has 0 amide bonds. The van der Waals surface area contributed by atoms with Crippen LogP contribution in [0.15, 0.2) is 73.7 Å². The Morgan fingerprint density at radius 2 is 1.73 bits per heavy atom. The van der Waals surface area contributed by atoms with E-state index in [9.17, 15) is 4.39 Å². The third-order valence-corrected chi connectivity index (χ3v) is 5.93. The number of nitrogens with one attached hydrogen (secondary N) is 2. The predicted octanol–water partition coefficient (Wildman–Crippen LogP) is 5.79. The molecule has 4 heterocycles. The number of pyridine rings is 2. The first-order valence-corrected chi connectivity index (χ1v) is 11.6. The van der Waals surface area contributed by atoms with E-state index >= 15 is 4.39 Å². The Balaban J connectivity index is 1.40. The van der Waals surface area contributed by atoms with Crippen LogP contribution in [0.4, 0.5) is 20.3 Å². The highest BCUT2D eigenvalue weighted by Gasteiger charge is 2.21. The molecule has 0 atom stereocenters. The number of halogens is 2. The van der Waals surface area contributed by atoms with Crippen LogP contribution in [0, 0.1) is 11.6 Å². The zero-order valence-electron chi connectivity index (χ0n) is 20.9. The number of nitrogens with zero attached hydrogens (tertiary/aromatic N) is 6. The standard InChI is InChI=1S/C27H26F2N8/c1-16(34-26-10-25(27(2,3)4)35-37(26)19-9-18(28)11-30-12-19)33-23-7-6-17(8-22(23)29)20-13-31-15-24-21(20)14-32-36(24)5/h6-15,33-34H,1H2,2-5H3. The van der Waals surface area contributed by atoms with Gasteiger partial charge in [0, 0.05) is 41.7 Å². The molecule has 2 N–H and O–H groups in total. The number of hydrogen-bond acceptors (Lipinski definition) is 6. The fourth-order valence-corrected chi connectivity index (χ4v) is 3.97. The van der Waals surface area contributed by atoms with Crippen LogP contribution in [0.1, 0.15) is 26.5 Å². The molecule has 0 bridgehead atoms. The van der Waals surface area contributed by atoms with Crippen LogP contribution >= 0.6 is 0 Å². The Morgan fingerprint density at radius 3 is 2.46 bits per heavy atom. The van der Waals surface area contributed by atoms with Gasteiger partial charge in [0.1, 0.15) is 23.3 Å². The molecule has 4 aromatic heterocycles. The molecule has 0 saturated heterocycles. The van der Waals surface area contributed by atoms with Gasteiger partial charge in [0.15, 0.2) is 0 Å². The summed E-state index contributed by atoms with van der Waals surface area (Å²) in [7, 11) is 1.83. The van der Waals surface area contributed by atoms with Crippen molar-refractivity contribution >= 4 is 22.4 Å². The van der Waals surface area contributed by atoms with Crippen molar-refractivity contribution in [2.75, 3.05) is 10.6 Å². The van der Waals surface area contributed by atoms with Crippen LogP contribution in [0.25, 0.3) is 27.7 Å². The highest BCUT2D eigenvalue weighted by atomic mass is 19.1. The van der Waals surface area contributed by atoms with Crippen molar-refractivity contribution in [1.29, 1.82) is 0 Å². The van der Waals surface area contributed by atoms with Crippen LogP contribution in [-0.2, 0) is 12.5 Å². The summed E-state index contributed by atoms with van der Waals surface area (Å²) in [6, 6.07) is 8.08. The van der Waals surface area contributed by atoms with E-state index in [4.69, 9.17) is 0 Å². The second kappa shape index (κ2) is 9.12. The van der Waals surface area contributed by atoms with Crippen molar-refractivity contribution in [1.82, 2.24) is 29.5 Å². The van der Waals surface area contributed by atoms with E-state index in [1.165, 1.54) is 18.3 Å². The number of fused-ring (bicyclic) bond motifs is 1. The van der Waals surface area contributed by atoms with Crippen molar-refractivity contribution in [3.8, 4) is 16.8 Å². The third kappa shape index (κ3) is 4.77. The Labute approximate surface area is 212 Å². The van der Waals surface area contributed by atoms with Gasteiger partial charge < -0.3 is 10.6 Å². The van der Waals surface area contributed by atoms with E-state index in [0.717, 1.165) is 28.4 Å². The molecule has 10 heteroatoms. The topological polar surface area (TPSA) is 85.5 Å². The summed E-state index contributed by atoms with van der Waals surface area (Å²) in [4.78, 5) is 8.19. The first kappa shape index (κ1) is 24.1. The Hall–Kier alpha value is -4.60. The lowest BCUT2D eigenvalue weighted by Crippen LogP contribution is -2.13. The van der Waals surface area contributed by atoms with E-state index in [-0.39, 0.29) is 11.1 Å². The Bertz CT molecular complexity index is 1630. The average Bonchev–Trinajstić information content (AvgIpc) is 3.44. The maximum Gasteiger partial charge on any atom is 0.147 e. The molecule has 0 saturated carbocycles. The molecule has 0 aliphatic carbocycles. The highest BCUT2D eigenvalue weighted by Crippen LogP contribution is 2.31. The molecular formula is C27H26F2N8. The third-order valence-electron chi connectivity index (χ3n) is 5.93. The molecular weight excluding hydrogens is 474 g/mol. The number of hydrogen-bond donors (Lipinski definition) is 2. The van der Waals surface area contributed by atoms with Crippen LogP contribution < -0.4 is 10.6 Å². The number of rotatable bonds is 6. The molecule has 0 spiro atoms.